The molecule has 4 aliphatic rings. The number of rotatable bonds is 30. The lowest BCUT2D eigenvalue weighted by molar-refractivity contribution is 0.303. The number of nitrogens with zero attached hydrogens (tertiary/aromatic N) is 12. The van der Waals surface area contributed by atoms with E-state index in [0.29, 0.717) is 118 Å². The van der Waals surface area contributed by atoms with Crippen molar-refractivity contribution < 1.29 is 90.6 Å². The summed E-state index contributed by atoms with van der Waals surface area (Å²) in [5.74, 6) is 0.267. The zero-order chi connectivity index (χ0) is 84.6. The molecule has 4 fully saturated rings. The number of hydrogen-bond acceptors (Lipinski definition) is 32. The van der Waals surface area contributed by atoms with Crippen LogP contribution in [0.15, 0.2) is 131 Å². The molecule has 0 saturated heterocycles. The summed E-state index contributed by atoms with van der Waals surface area (Å²) >= 11 is 9.38. The van der Waals surface area contributed by atoms with Crippen LogP contribution in [-0.4, -0.2) is 168 Å². The molecule has 638 valence electrons. The average Bonchev–Trinajstić information content (AvgIpc) is 1.74. The zero-order valence-electron chi connectivity index (χ0n) is 61.8. The van der Waals surface area contributed by atoms with E-state index in [-0.39, 0.29) is 131 Å². The molecule has 20 N–H and O–H groups in total. The van der Waals surface area contributed by atoms with E-state index in [9.17, 15) is 72.1 Å². The molecule has 4 heterocycles. The van der Waals surface area contributed by atoms with Crippen molar-refractivity contribution in [2.75, 3.05) is 34.4 Å². The molecule has 12 rings (SSSR count). The number of oxime groups is 4. The number of aromatic nitrogens is 8. The third-order valence-corrected chi connectivity index (χ3v) is 23.5. The molecule has 0 atom stereocenters. The van der Waals surface area contributed by atoms with Gasteiger partial charge in [-0.1, -0.05) is 51.0 Å². The molecule has 51 heteroatoms. The fraction of sp³-hybridized carbons (Fsp3) is 0.455. The van der Waals surface area contributed by atoms with Gasteiger partial charge < -0.3 is 42.1 Å². The molecule has 0 unspecified atom stereocenters. The maximum absolute atomic E-state index is 13.4. The molecule has 117 heavy (non-hydrogen) atoms. The van der Waals surface area contributed by atoms with Gasteiger partial charge in [0.15, 0.2) is 22.8 Å². The van der Waals surface area contributed by atoms with Gasteiger partial charge in [-0.05, 0) is 274 Å². The molecule has 8 aromatic rings. The fourth-order valence-corrected chi connectivity index (χ4v) is 16.9. The van der Waals surface area contributed by atoms with Crippen molar-refractivity contribution in [3.63, 3.8) is 0 Å². The monoisotopic (exact) mass is 1910 g/mol. The first-order valence-electron chi connectivity index (χ1n) is 36.0. The van der Waals surface area contributed by atoms with Crippen molar-refractivity contribution in [2.24, 2.45) is 53.0 Å². The molecule has 4 aromatic carbocycles. The largest absolute Gasteiger partial charge is 0.411 e. The standard InChI is InChI=1S/C17H22BrFN6O4S.C17H23FN6O4S.2C16H20BrFN6O4S/c18-13-7-11(3-6-14(13)19)8-15(23-26)16-17(25-29-24-16)22-12-4-1-10(2-5-12)9-21-30(20,27)28;18-13-5-1-11(2-6-13)9-15(22-25)16-17(24-28-23-16)21-14-7-3-12(4-8-14)10-20-29(19,26)27;2*17-12-7-9(1-6-13(12)18)8-14(21-25)15-16(23-28-22-15)20-10-2-4-11(5-3-10)24-29(19,26)27/h3,6-7,10,12,21,26H,1-2,4-5,8-9H2,(H,22,25)(H2,20,27,28);1-2,5-6,12,14,20,25H,3-4,7-10H2,(H,21,24)(H2,19,26,27);2*1,6-7,10-11,24-25H,2-5,8H2,(H,20,23)(H2,19,26,27). The second kappa shape index (κ2) is 43.2. The molecule has 4 saturated carbocycles. The highest BCUT2D eigenvalue weighted by Crippen LogP contribution is 2.32. The van der Waals surface area contributed by atoms with Crippen LogP contribution in [0.2, 0.25) is 0 Å². The summed E-state index contributed by atoms with van der Waals surface area (Å²) in [7, 11) is -14.8. The van der Waals surface area contributed by atoms with Gasteiger partial charge >= 0.3 is 0 Å². The molecule has 0 radical (unpaired) electrons. The van der Waals surface area contributed by atoms with Crippen LogP contribution < -0.4 is 60.7 Å². The summed E-state index contributed by atoms with van der Waals surface area (Å²) in [5.41, 5.74) is 4.80. The predicted molar refractivity (Wildman–Crippen MR) is 427 cm³/mol. The molecule has 4 aromatic heterocycles. The quantitative estimate of drug-likeness (QED) is 0.00904. The average molecular weight is 1910 g/mol. The topological polar surface area (TPSA) is 623 Å². The Morgan fingerprint density at radius 1 is 0.359 bits per heavy atom. The van der Waals surface area contributed by atoms with E-state index in [0.717, 1.165) is 56.9 Å². The van der Waals surface area contributed by atoms with Gasteiger partial charge in [0.25, 0.3) is 40.8 Å². The van der Waals surface area contributed by atoms with E-state index in [4.69, 9.17) is 39.1 Å². The van der Waals surface area contributed by atoms with Gasteiger partial charge in [-0.15, -0.1) is 0 Å². The predicted octanol–water partition coefficient (Wildman–Crippen LogP) is 7.37. The van der Waals surface area contributed by atoms with E-state index in [2.05, 4.69) is 150 Å². The van der Waals surface area contributed by atoms with Gasteiger partial charge in [0.2, 0.25) is 23.3 Å². The first-order chi connectivity index (χ1) is 55.6. The number of benzene rings is 4. The molecule has 40 nitrogen and oxygen atoms in total. The van der Waals surface area contributed by atoms with Gasteiger partial charge in [0, 0.05) is 75.0 Å². The summed E-state index contributed by atoms with van der Waals surface area (Å²) in [5, 5.41) is 115. The first kappa shape index (κ1) is 92.0. The molecular weight excluding hydrogens is 1830 g/mol. The van der Waals surface area contributed by atoms with Gasteiger partial charge in [-0.25, -0.2) is 66.1 Å². The van der Waals surface area contributed by atoms with Gasteiger partial charge in [0.05, 0.1) is 13.4 Å². The number of nitrogens with two attached hydrogens (primary N) is 4. The lowest BCUT2D eigenvalue weighted by atomic mass is 9.86. The zero-order valence-corrected chi connectivity index (χ0v) is 69.8. The van der Waals surface area contributed by atoms with Crippen LogP contribution in [0.1, 0.15) is 148 Å². The molecular formula is C66H85Br3F4N24O16S4. The Morgan fingerprint density at radius 2 is 0.598 bits per heavy atom. The normalized spacial score (nSPS) is 20.5. The smallest absolute Gasteiger partial charge is 0.274 e. The van der Waals surface area contributed by atoms with Crippen molar-refractivity contribution in [3.05, 3.63) is 161 Å². The van der Waals surface area contributed by atoms with E-state index in [1.165, 1.54) is 30.3 Å². The first-order valence-corrected chi connectivity index (χ1v) is 44.6. The highest BCUT2D eigenvalue weighted by Gasteiger charge is 2.32. The molecule has 4 aliphatic carbocycles. The maximum Gasteiger partial charge on any atom is 0.274 e. The Balaban J connectivity index is 0.000000178. The van der Waals surface area contributed by atoms with Crippen LogP contribution in [0, 0.1) is 35.1 Å². The summed E-state index contributed by atoms with van der Waals surface area (Å²) in [6.07, 6.45) is 12.4. The van der Waals surface area contributed by atoms with Crippen molar-refractivity contribution in [1.82, 2.24) is 60.1 Å². The van der Waals surface area contributed by atoms with E-state index < -0.39 is 52.5 Å². The highest BCUT2D eigenvalue weighted by molar-refractivity contribution is 9.11. The minimum absolute atomic E-state index is 0.0130. The van der Waals surface area contributed by atoms with E-state index in [1.54, 1.807) is 48.5 Å². The number of nitrogens with one attached hydrogen (secondary N) is 8. The SMILES string of the molecule is NS(=O)(=O)NC1CCC(Nc2nonc2C(Cc2ccc(F)c(Br)c2)=NO)CC1.NS(=O)(=O)NC1CCC(Nc2nonc2C(Cc2ccc(F)c(Br)c2)=NO)CC1.NS(=O)(=O)NCC1CCC(Nc2nonc2C(Cc2ccc(F)c(Br)c2)=NO)CC1.NS(=O)(=O)NCC1CCC(Nc2nonc2C(Cc2ccc(F)cc2)=NO)CC1. The summed E-state index contributed by atoms with van der Waals surface area (Å²) < 4.78 is 172. The number of hydrogen-bond donors (Lipinski definition) is 16. The van der Waals surface area contributed by atoms with Crippen molar-refractivity contribution in [2.45, 2.75) is 165 Å². The maximum atomic E-state index is 13.4. The van der Waals surface area contributed by atoms with Crippen LogP contribution in [0.4, 0.5) is 40.8 Å². The van der Waals surface area contributed by atoms with Crippen LogP contribution in [0.3, 0.4) is 0 Å². The fourth-order valence-electron chi connectivity index (χ4n) is 13.3. The second-order valence-electron chi connectivity index (χ2n) is 27.8. The Morgan fingerprint density at radius 3 is 0.838 bits per heavy atom. The van der Waals surface area contributed by atoms with Crippen LogP contribution in [0.5, 0.6) is 0 Å². The van der Waals surface area contributed by atoms with Crippen LogP contribution >= 0.6 is 47.8 Å². The summed E-state index contributed by atoms with van der Waals surface area (Å²) in [4.78, 5) is 0. The lowest BCUT2D eigenvalue weighted by Crippen LogP contribution is -2.43. The molecule has 0 amide bonds. The Kier molecular flexibility index (Phi) is 34.0. The minimum Gasteiger partial charge on any atom is -0.411 e. The highest BCUT2D eigenvalue weighted by atomic mass is 79.9. The number of anilines is 4. The molecule has 0 spiro atoms. The van der Waals surface area contributed by atoms with Crippen molar-refractivity contribution in [1.29, 1.82) is 0 Å². The van der Waals surface area contributed by atoms with E-state index >= 15 is 0 Å². The van der Waals surface area contributed by atoms with Gasteiger partial charge in [0.1, 0.15) is 46.1 Å². The third kappa shape index (κ3) is 30.2. The van der Waals surface area contributed by atoms with Crippen LogP contribution in [-0.2, 0) is 66.5 Å². The number of halogens is 7. The van der Waals surface area contributed by atoms with E-state index in [1.807, 2.05) is 0 Å². The Bertz CT molecular complexity index is 5040. The van der Waals surface area contributed by atoms with Gasteiger partial charge in [-0.3, -0.25) is 0 Å². The van der Waals surface area contributed by atoms with Crippen molar-refractivity contribution >= 4 is 135 Å². The van der Waals surface area contributed by atoms with Crippen LogP contribution in [0.25, 0.3) is 0 Å². The van der Waals surface area contributed by atoms with Gasteiger partial charge in [-0.2, -0.15) is 43.1 Å². The molecule has 0 aliphatic heterocycles. The lowest BCUT2D eigenvalue weighted by Gasteiger charge is -2.29. The minimum atomic E-state index is -3.73. The Hall–Kier alpha value is -8.84. The van der Waals surface area contributed by atoms with Crippen molar-refractivity contribution in [3.8, 4) is 0 Å². The summed E-state index contributed by atoms with van der Waals surface area (Å²) in [6.45, 7) is 0.637. The second-order valence-corrected chi connectivity index (χ2v) is 35.8. The summed E-state index contributed by atoms with van der Waals surface area (Å²) in [6, 6.07) is 19.1. The molecule has 0 bridgehead atoms. The Labute approximate surface area is 693 Å². The third-order valence-electron chi connectivity index (χ3n) is 19.2.